The van der Waals surface area contributed by atoms with Crippen LogP contribution in [0.5, 0.6) is 0 Å². The lowest BCUT2D eigenvalue weighted by atomic mass is 10.0. The van der Waals surface area contributed by atoms with E-state index in [2.05, 4.69) is 24.1 Å². The minimum Gasteiger partial charge on any atom is -0.333 e. The Hall–Kier alpha value is -2.22. The summed E-state index contributed by atoms with van der Waals surface area (Å²) >= 11 is 0. The maximum Gasteiger partial charge on any atom is 0.243 e. The van der Waals surface area contributed by atoms with Gasteiger partial charge in [0.2, 0.25) is 15.9 Å². The Morgan fingerprint density at radius 3 is 2.29 bits per heavy atom. The predicted octanol–water partition coefficient (Wildman–Crippen LogP) is 2.92. The van der Waals surface area contributed by atoms with E-state index in [1.165, 1.54) is 5.56 Å². The number of likely N-dealkylation sites (N-methyl/N-ethyl adjacent to an activating group) is 1. The van der Waals surface area contributed by atoms with Gasteiger partial charge >= 0.3 is 0 Å². The first-order chi connectivity index (χ1) is 14.9. The highest BCUT2D eigenvalue weighted by atomic mass is 32.2. The van der Waals surface area contributed by atoms with E-state index in [4.69, 9.17) is 0 Å². The second kappa shape index (κ2) is 9.51. The number of benzene rings is 2. The highest BCUT2D eigenvalue weighted by molar-refractivity contribution is 7.89. The van der Waals surface area contributed by atoms with E-state index in [1.807, 2.05) is 35.2 Å². The summed E-state index contributed by atoms with van der Waals surface area (Å²) in [6.45, 7) is 3.64. The molecule has 1 atom stereocenters. The SMILES string of the molecule is CN1CCN(C(=O)CCc2ccc(S(=O)(=O)N3CCCC3)cc2)C(c2ccccc2)C1. The van der Waals surface area contributed by atoms with Crippen LogP contribution < -0.4 is 0 Å². The number of amides is 1. The minimum absolute atomic E-state index is 0.0698. The van der Waals surface area contributed by atoms with Crippen LogP contribution >= 0.6 is 0 Å². The number of hydrogen-bond donors (Lipinski definition) is 0. The van der Waals surface area contributed by atoms with Gasteiger partial charge in [-0.1, -0.05) is 42.5 Å². The molecule has 0 N–H and O–H groups in total. The van der Waals surface area contributed by atoms with Crippen molar-refractivity contribution < 1.29 is 13.2 Å². The van der Waals surface area contributed by atoms with E-state index in [9.17, 15) is 13.2 Å². The van der Waals surface area contributed by atoms with Crippen molar-refractivity contribution in [2.75, 3.05) is 39.8 Å². The summed E-state index contributed by atoms with van der Waals surface area (Å²) in [5.41, 5.74) is 2.15. The molecule has 0 radical (unpaired) electrons. The first-order valence-electron chi connectivity index (χ1n) is 11.1. The molecular weight excluding hydrogens is 410 g/mol. The van der Waals surface area contributed by atoms with Gasteiger partial charge in [0.15, 0.2) is 0 Å². The molecule has 2 aliphatic heterocycles. The zero-order chi connectivity index (χ0) is 21.8. The molecule has 2 fully saturated rings. The number of carbonyl (C=O) groups excluding carboxylic acids is 1. The Bertz CT molecular complexity index is 986. The zero-order valence-electron chi connectivity index (χ0n) is 18.1. The van der Waals surface area contributed by atoms with Gasteiger partial charge in [0.25, 0.3) is 0 Å². The molecule has 2 aromatic rings. The zero-order valence-corrected chi connectivity index (χ0v) is 18.9. The molecule has 1 unspecified atom stereocenters. The number of hydrogen-bond acceptors (Lipinski definition) is 4. The number of carbonyl (C=O) groups is 1. The van der Waals surface area contributed by atoms with E-state index >= 15 is 0 Å². The summed E-state index contributed by atoms with van der Waals surface area (Å²) in [5, 5.41) is 0. The van der Waals surface area contributed by atoms with E-state index in [0.717, 1.165) is 38.0 Å². The predicted molar refractivity (Wildman–Crippen MR) is 121 cm³/mol. The van der Waals surface area contributed by atoms with Crippen LogP contribution in [0.1, 0.15) is 36.4 Å². The third kappa shape index (κ3) is 5.00. The molecule has 4 rings (SSSR count). The fraction of sp³-hybridized carbons (Fsp3) is 0.458. The van der Waals surface area contributed by atoms with Crippen LogP contribution in [-0.2, 0) is 21.2 Å². The van der Waals surface area contributed by atoms with Crippen LogP contribution in [0.4, 0.5) is 0 Å². The van der Waals surface area contributed by atoms with E-state index in [-0.39, 0.29) is 11.9 Å². The number of piperazine rings is 1. The van der Waals surface area contributed by atoms with Crippen LogP contribution in [0, 0.1) is 0 Å². The highest BCUT2D eigenvalue weighted by Gasteiger charge is 2.30. The summed E-state index contributed by atoms with van der Waals surface area (Å²) < 4.78 is 26.9. The van der Waals surface area contributed by atoms with Gasteiger partial charge in [0.1, 0.15) is 0 Å². The van der Waals surface area contributed by atoms with Gasteiger partial charge in [0, 0.05) is 39.1 Å². The summed E-state index contributed by atoms with van der Waals surface area (Å²) in [7, 11) is -1.30. The molecule has 0 saturated carbocycles. The van der Waals surface area contributed by atoms with Crippen LogP contribution in [0.25, 0.3) is 0 Å². The first kappa shape index (κ1) is 22.0. The normalized spacial score (nSPS) is 20.8. The van der Waals surface area contributed by atoms with Crippen molar-refractivity contribution in [2.24, 2.45) is 0 Å². The largest absolute Gasteiger partial charge is 0.333 e. The van der Waals surface area contributed by atoms with Gasteiger partial charge < -0.3 is 9.80 Å². The number of aryl methyl sites for hydroxylation is 1. The van der Waals surface area contributed by atoms with Crippen LogP contribution in [0.2, 0.25) is 0 Å². The van der Waals surface area contributed by atoms with Crippen LogP contribution in [-0.4, -0.2) is 68.2 Å². The second-order valence-corrected chi connectivity index (χ2v) is 10.5. The van der Waals surface area contributed by atoms with E-state index in [0.29, 0.717) is 30.8 Å². The molecule has 1 amide bonds. The Morgan fingerprint density at radius 1 is 0.935 bits per heavy atom. The maximum absolute atomic E-state index is 13.1. The van der Waals surface area contributed by atoms with Crippen molar-refractivity contribution in [3.8, 4) is 0 Å². The lowest BCUT2D eigenvalue weighted by Crippen LogP contribution is -2.49. The van der Waals surface area contributed by atoms with Crippen molar-refractivity contribution in [3.63, 3.8) is 0 Å². The Kier molecular flexibility index (Phi) is 6.74. The van der Waals surface area contributed by atoms with Crippen molar-refractivity contribution >= 4 is 15.9 Å². The van der Waals surface area contributed by atoms with Crippen LogP contribution in [0.15, 0.2) is 59.5 Å². The van der Waals surface area contributed by atoms with Crippen molar-refractivity contribution in [2.45, 2.75) is 36.6 Å². The molecule has 166 valence electrons. The lowest BCUT2D eigenvalue weighted by molar-refractivity contribution is -0.136. The molecule has 0 bridgehead atoms. The number of rotatable bonds is 6. The topological polar surface area (TPSA) is 60.9 Å². The molecule has 31 heavy (non-hydrogen) atoms. The van der Waals surface area contributed by atoms with Crippen molar-refractivity contribution in [1.29, 1.82) is 0 Å². The average molecular weight is 442 g/mol. The fourth-order valence-electron chi connectivity index (χ4n) is 4.48. The summed E-state index contributed by atoms with van der Waals surface area (Å²) in [6, 6.07) is 17.3. The molecular formula is C24H31N3O3S. The molecule has 2 aromatic carbocycles. The number of sulfonamides is 1. The van der Waals surface area contributed by atoms with Gasteiger partial charge in [-0.3, -0.25) is 4.79 Å². The van der Waals surface area contributed by atoms with Gasteiger partial charge in [-0.15, -0.1) is 0 Å². The summed E-state index contributed by atoms with van der Waals surface area (Å²) in [5.74, 6) is 0.149. The molecule has 2 saturated heterocycles. The third-order valence-electron chi connectivity index (χ3n) is 6.34. The van der Waals surface area contributed by atoms with Crippen molar-refractivity contribution in [1.82, 2.24) is 14.1 Å². The van der Waals surface area contributed by atoms with Crippen molar-refractivity contribution in [3.05, 3.63) is 65.7 Å². The number of nitrogens with zero attached hydrogens (tertiary/aromatic N) is 3. The van der Waals surface area contributed by atoms with Gasteiger partial charge in [-0.25, -0.2) is 8.42 Å². The standard InChI is InChI=1S/C24H31N3O3S/c1-25-17-18-27(23(19-25)21-7-3-2-4-8-21)24(28)14-11-20-9-12-22(13-10-20)31(29,30)26-15-5-6-16-26/h2-4,7-10,12-13,23H,5-6,11,14-19H2,1H3. The maximum atomic E-state index is 13.1. The molecule has 0 aliphatic carbocycles. The Labute approximate surface area is 185 Å². The quantitative estimate of drug-likeness (QED) is 0.692. The smallest absolute Gasteiger partial charge is 0.243 e. The Morgan fingerprint density at radius 2 is 1.61 bits per heavy atom. The minimum atomic E-state index is -3.39. The van der Waals surface area contributed by atoms with Crippen LogP contribution in [0.3, 0.4) is 0 Å². The molecule has 2 heterocycles. The Balaban J connectivity index is 1.39. The summed E-state index contributed by atoms with van der Waals surface area (Å²) in [6.07, 6.45) is 2.88. The molecule has 7 heteroatoms. The lowest BCUT2D eigenvalue weighted by Gasteiger charge is -2.40. The molecule has 6 nitrogen and oxygen atoms in total. The highest BCUT2D eigenvalue weighted by Crippen LogP contribution is 2.26. The molecule has 2 aliphatic rings. The fourth-order valence-corrected chi connectivity index (χ4v) is 6.00. The third-order valence-corrected chi connectivity index (χ3v) is 8.25. The average Bonchev–Trinajstić information content (AvgIpc) is 3.34. The summed E-state index contributed by atoms with van der Waals surface area (Å²) in [4.78, 5) is 17.7. The van der Waals surface area contributed by atoms with Gasteiger partial charge in [-0.2, -0.15) is 4.31 Å². The molecule has 0 spiro atoms. The monoisotopic (exact) mass is 441 g/mol. The van der Waals surface area contributed by atoms with E-state index in [1.54, 1.807) is 16.4 Å². The second-order valence-electron chi connectivity index (χ2n) is 8.53. The van der Waals surface area contributed by atoms with E-state index < -0.39 is 10.0 Å². The van der Waals surface area contributed by atoms with Gasteiger partial charge in [0.05, 0.1) is 10.9 Å². The molecule has 0 aromatic heterocycles. The van der Waals surface area contributed by atoms with Gasteiger partial charge in [-0.05, 0) is 49.6 Å². The first-order valence-corrected chi connectivity index (χ1v) is 12.5.